The van der Waals surface area contributed by atoms with Crippen molar-refractivity contribution < 1.29 is 9.13 Å². The standard InChI is InChI=1S/C31H44ClFO/c1-3-5-21-34-29-20-19-28(31(33)30(29)32)27-17-15-26(16-18-27)25-13-11-24(12-14-25)23-9-7-22(6-4-2)8-10-23/h4,6,17,19-20,22-26H,3,5,7-16,18,21H2,1-2H3. The summed E-state index contributed by atoms with van der Waals surface area (Å²) in [6.45, 7) is 4.85. The molecule has 1 aromatic carbocycles. The van der Waals surface area contributed by atoms with E-state index in [1.54, 1.807) is 0 Å². The molecule has 1 atom stereocenters. The molecule has 2 saturated carbocycles. The Balaban J connectivity index is 1.27. The summed E-state index contributed by atoms with van der Waals surface area (Å²) in [4.78, 5) is 0. The molecule has 3 aliphatic rings. The molecule has 3 aliphatic carbocycles. The van der Waals surface area contributed by atoms with Crippen LogP contribution in [0.2, 0.25) is 5.02 Å². The van der Waals surface area contributed by atoms with Crippen LogP contribution in [0.25, 0.3) is 5.57 Å². The molecule has 3 heteroatoms. The smallest absolute Gasteiger partial charge is 0.153 e. The Kier molecular flexibility index (Phi) is 9.57. The fourth-order valence-corrected chi connectivity index (χ4v) is 7.13. The topological polar surface area (TPSA) is 9.23 Å². The Morgan fingerprint density at radius 1 is 0.941 bits per heavy atom. The lowest BCUT2D eigenvalue weighted by molar-refractivity contribution is 0.128. The second-order valence-corrected chi connectivity index (χ2v) is 11.5. The van der Waals surface area contributed by atoms with Gasteiger partial charge in [-0.15, -0.1) is 0 Å². The van der Waals surface area contributed by atoms with E-state index in [4.69, 9.17) is 16.3 Å². The molecule has 1 nitrogen and oxygen atoms in total. The van der Waals surface area contributed by atoms with E-state index in [0.29, 0.717) is 17.9 Å². The highest BCUT2D eigenvalue weighted by atomic mass is 35.5. The van der Waals surface area contributed by atoms with Crippen molar-refractivity contribution in [2.24, 2.45) is 29.6 Å². The second kappa shape index (κ2) is 12.6. The van der Waals surface area contributed by atoms with E-state index in [1.165, 1.54) is 57.8 Å². The Morgan fingerprint density at radius 3 is 2.18 bits per heavy atom. The molecule has 0 N–H and O–H groups in total. The van der Waals surface area contributed by atoms with Crippen LogP contribution in [0.3, 0.4) is 0 Å². The molecule has 34 heavy (non-hydrogen) atoms. The number of rotatable bonds is 8. The highest BCUT2D eigenvalue weighted by Gasteiger charge is 2.33. The van der Waals surface area contributed by atoms with Crippen molar-refractivity contribution in [1.29, 1.82) is 0 Å². The van der Waals surface area contributed by atoms with Crippen molar-refractivity contribution in [3.8, 4) is 5.75 Å². The Bertz CT molecular complexity index is 843. The predicted molar refractivity (Wildman–Crippen MR) is 143 cm³/mol. The van der Waals surface area contributed by atoms with Crippen molar-refractivity contribution >= 4 is 17.2 Å². The van der Waals surface area contributed by atoms with Gasteiger partial charge in [0.25, 0.3) is 0 Å². The van der Waals surface area contributed by atoms with Crippen LogP contribution in [-0.4, -0.2) is 6.61 Å². The van der Waals surface area contributed by atoms with Crippen LogP contribution >= 0.6 is 11.6 Å². The summed E-state index contributed by atoms with van der Waals surface area (Å²) in [5, 5.41) is 0.134. The molecular formula is C31H44ClFO. The molecule has 0 radical (unpaired) electrons. The van der Waals surface area contributed by atoms with E-state index in [-0.39, 0.29) is 10.8 Å². The van der Waals surface area contributed by atoms with Gasteiger partial charge in [0.15, 0.2) is 5.82 Å². The zero-order valence-electron chi connectivity index (χ0n) is 21.3. The molecular weight excluding hydrogens is 443 g/mol. The number of halogens is 2. The normalized spacial score (nSPS) is 30.4. The summed E-state index contributed by atoms with van der Waals surface area (Å²) in [6, 6.07) is 3.71. The summed E-state index contributed by atoms with van der Waals surface area (Å²) >= 11 is 6.32. The maximum atomic E-state index is 15.0. The van der Waals surface area contributed by atoms with Gasteiger partial charge in [0.2, 0.25) is 0 Å². The summed E-state index contributed by atoms with van der Waals surface area (Å²) < 4.78 is 20.7. The lowest BCUT2D eigenvalue weighted by Crippen LogP contribution is -2.28. The molecule has 0 spiro atoms. The van der Waals surface area contributed by atoms with Crippen molar-refractivity contribution in [2.75, 3.05) is 6.61 Å². The van der Waals surface area contributed by atoms with Gasteiger partial charge in [-0.2, -0.15) is 0 Å². The van der Waals surface area contributed by atoms with Gasteiger partial charge in [0, 0.05) is 5.56 Å². The minimum atomic E-state index is -0.315. The van der Waals surface area contributed by atoms with Crippen LogP contribution in [0.5, 0.6) is 5.75 Å². The van der Waals surface area contributed by atoms with E-state index in [2.05, 4.69) is 32.1 Å². The van der Waals surface area contributed by atoms with Crippen LogP contribution in [0, 0.1) is 35.4 Å². The zero-order chi connectivity index (χ0) is 23.9. The van der Waals surface area contributed by atoms with Crippen LogP contribution in [-0.2, 0) is 0 Å². The van der Waals surface area contributed by atoms with Gasteiger partial charge < -0.3 is 4.74 Å². The molecule has 0 aliphatic heterocycles. The molecule has 0 amide bonds. The van der Waals surface area contributed by atoms with Crippen molar-refractivity contribution in [3.63, 3.8) is 0 Å². The molecule has 188 valence electrons. The van der Waals surface area contributed by atoms with Gasteiger partial charge in [-0.3, -0.25) is 0 Å². The number of allylic oxidation sites excluding steroid dienone is 4. The summed E-state index contributed by atoms with van der Waals surface area (Å²) in [6.07, 6.45) is 23.5. The SMILES string of the molecule is CC=CC1CCC(C2CCC(C3CC=C(c4ccc(OCCCC)c(Cl)c4F)CC3)CC2)CC1. The fraction of sp³-hybridized carbons (Fsp3) is 0.677. The molecule has 4 rings (SSSR count). The van der Waals surface area contributed by atoms with Gasteiger partial charge >= 0.3 is 0 Å². The van der Waals surface area contributed by atoms with E-state index in [1.807, 2.05) is 12.1 Å². The first kappa shape index (κ1) is 25.8. The molecule has 0 aromatic heterocycles. The maximum Gasteiger partial charge on any atom is 0.153 e. The van der Waals surface area contributed by atoms with E-state index in [0.717, 1.165) is 60.8 Å². The number of unbranched alkanes of at least 4 members (excludes halogenated alkanes) is 1. The van der Waals surface area contributed by atoms with Crippen molar-refractivity contribution in [3.05, 3.63) is 46.8 Å². The number of ether oxygens (including phenoxy) is 1. The van der Waals surface area contributed by atoms with Crippen LogP contribution in [0.1, 0.15) is 103 Å². The highest BCUT2D eigenvalue weighted by Crippen LogP contribution is 2.46. The average Bonchev–Trinajstić information content (AvgIpc) is 2.88. The van der Waals surface area contributed by atoms with E-state index < -0.39 is 0 Å². The number of hydrogen-bond acceptors (Lipinski definition) is 1. The Labute approximate surface area is 212 Å². The Hall–Kier alpha value is -1.28. The largest absolute Gasteiger partial charge is 0.492 e. The van der Waals surface area contributed by atoms with Crippen LogP contribution in [0.4, 0.5) is 4.39 Å². The van der Waals surface area contributed by atoms with Gasteiger partial charge in [0.05, 0.1) is 6.61 Å². The van der Waals surface area contributed by atoms with E-state index in [9.17, 15) is 0 Å². The predicted octanol–water partition coefficient (Wildman–Crippen LogP) is 10.0. The monoisotopic (exact) mass is 486 g/mol. The Morgan fingerprint density at radius 2 is 1.59 bits per heavy atom. The van der Waals surface area contributed by atoms with Gasteiger partial charge in [-0.05, 0) is 131 Å². The number of benzene rings is 1. The first-order chi connectivity index (χ1) is 16.6. The quantitative estimate of drug-likeness (QED) is 0.262. The molecule has 2 fully saturated rings. The summed E-state index contributed by atoms with van der Waals surface area (Å²) in [5.74, 6) is 4.56. The average molecular weight is 487 g/mol. The van der Waals surface area contributed by atoms with Gasteiger partial charge in [-0.1, -0.05) is 43.2 Å². The van der Waals surface area contributed by atoms with Crippen molar-refractivity contribution in [1.82, 2.24) is 0 Å². The zero-order valence-corrected chi connectivity index (χ0v) is 22.1. The third-order valence-corrected chi connectivity index (χ3v) is 9.38. The molecule has 0 saturated heterocycles. The first-order valence-electron chi connectivity index (χ1n) is 14.0. The number of hydrogen-bond donors (Lipinski definition) is 0. The molecule has 1 unspecified atom stereocenters. The van der Waals surface area contributed by atoms with Gasteiger partial charge in [-0.25, -0.2) is 4.39 Å². The van der Waals surface area contributed by atoms with Crippen LogP contribution < -0.4 is 4.74 Å². The molecule has 0 bridgehead atoms. The highest BCUT2D eigenvalue weighted by molar-refractivity contribution is 6.32. The fourth-order valence-electron chi connectivity index (χ4n) is 6.91. The van der Waals surface area contributed by atoms with Crippen molar-refractivity contribution in [2.45, 2.75) is 97.3 Å². The third-order valence-electron chi connectivity index (χ3n) is 9.03. The third kappa shape index (κ3) is 6.28. The van der Waals surface area contributed by atoms with Crippen LogP contribution in [0.15, 0.2) is 30.4 Å². The van der Waals surface area contributed by atoms with E-state index >= 15 is 4.39 Å². The minimum absolute atomic E-state index is 0.134. The molecule has 1 aromatic rings. The lowest BCUT2D eigenvalue weighted by Gasteiger charge is -2.40. The summed E-state index contributed by atoms with van der Waals surface area (Å²) in [5.41, 5.74) is 1.80. The first-order valence-corrected chi connectivity index (χ1v) is 14.4. The minimum Gasteiger partial charge on any atom is -0.492 e. The van der Waals surface area contributed by atoms with Gasteiger partial charge in [0.1, 0.15) is 10.8 Å². The maximum absolute atomic E-state index is 15.0. The lowest BCUT2D eigenvalue weighted by atomic mass is 9.66. The molecule has 0 heterocycles. The second-order valence-electron chi connectivity index (χ2n) is 11.1. The summed E-state index contributed by atoms with van der Waals surface area (Å²) in [7, 11) is 0.